The van der Waals surface area contributed by atoms with Gasteiger partial charge in [0.05, 0.1) is 16.9 Å². The molecule has 1 N–H and O–H groups in total. The Labute approximate surface area is 126 Å². The molecule has 0 fully saturated rings. The summed E-state index contributed by atoms with van der Waals surface area (Å²) >= 11 is 1.54. The molecule has 21 heavy (non-hydrogen) atoms. The van der Waals surface area contributed by atoms with Crippen LogP contribution in [0.5, 0.6) is 0 Å². The van der Waals surface area contributed by atoms with E-state index in [4.69, 9.17) is 5.11 Å². The van der Waals surface area contributed by atoms with E-state index in [2.05, 4.69) is 11.8 Å². The zero-order valence-electron chi connectivity index (χ0n) is 11.2. The summed E-state index contributed by atoms with van der Waals surface area (Å²) in [7, 11) is 0. The van der Waals surface area contributed by atoms with Crippen LogP contribution in [0.2, 0.25) is 0 Å². The van der Waals surface area contributed by atoms with Gasteiger partial charge in [-0.15, -0.1) is 11.3 Å². The van der Waals surface area contributed by atoms with Crippen molar-refractivity contribution in [2.24, 2.45) is 0 Å². The van der Waals surface area contributed by atoms with Crippen LogP contribution in [0, 0.1) is 11.8 Å². The summed E-state index contributed by atoms with van der Waals surface area (Å²) in [6.45, 7) is 0.391. The van der Waals surface area contributed by atoms with Gasteiger partial charge in [0, 0.05) is 10.9 Å². The molecule has 0 bridgehead atoms. The highest BCUT2D eigenvalue weighted by atomic mass is 32.1. The quantitative estimate of drug-likeness (QED) is 0.738. The largest absolute Gasteiger partial charge is 0.384 e. The first kappa shape index (κ1) is 13.6. The van der Waals surface area contributed by atoms with Crippen molar-refractivity contribution in [1.29, 1.82) is 0 Å². The van der Waals surface area contributed by atoms with Crippen LogP contribution < -0.4 is 5.56 Å². The Hall–Kier alpha value is -2.35. The minimum Gasteiger partial charge on any atom is -0.384 e. The van der Waals surface area contributed by atoms with Gasteiger partial charge in [-0.05, 0) is 29.7 Å². The Morgan fingerprint density at radius 3 is 2.81 bits per heavy atom. The molecule has 3 nitrogen and oxygen atoms in total. The van der Waals surface area contributed by atoms with Crippen molar-refractivity contribution in [2.45, 2.75) is 6.54 Å². The molecule has 0 spiro atoms. The average molecular weight is 295 g/mol. The fourth-order valence-electron chi connectivity index (χ4n) is 2.22. The smallest absolute Gasteiger partial charge is 0.251 e. The number of nitrogens with zero attached hydrogens (tertiary/aromatic N) is 1. The monoisotopic (exact) mass is 295 g/mol. The molecule has 0 radical (unpaired) electrons. The lowest BCUT2D eigenvalue weighted by Gasteiger charge is -2.08. The van der Waals surface area contributed by atoms with Crippen LogP contribution in [-0.4, -0.2) is 16.3 Å². The van der Waals surface area contributed by atoms with Crippen LogP contribution in [0.15, 0.2) is 53.3 Å². The summed E-state index contributed by atoms with van der Waals surface area (Å²) in [5.74, 6) is 5.51. The average Bonchev–Trinajstić information content (AvgIpc) is 2.96. The molecule has 4 heteroatoms. The van der Waals surface area contributed by atoms with Gasteiger partial charge in [0.15, 0.2) is 0 Å². The number of aliphatic hydroxyl groups excluding tert-OH is 1. The molecule has 0 saturated heterocycles. The number of para-hydroxylation sites is 1. The summed E-state index contributed by atoms with van der Waals surface area (Å²) in [4.78, 5) is 14.1. The lowest BCUT2D eigenvalue weighted by atomic mass is 10.2. The van der Waals surface area contributed by atoms with E-state index in [1.165, 1.54) is 0 Å². The van der Waals surface area contributed by atoms with Gasteiger partial charge in [0.1, 0.15) is 6.61 Å². The number of aliphatic hydroxyl groups is 1. The van der Waals surface area contributed by atoms with Crippen molar-refractivity contribution < 1.29 is 5.11 Å². The summed E-state index contributed by atoms with van der Waals surface area (Å²) in [5, 5.41) is 9.76. The SMILES string of the molecule is O=c1ccc2ccccc2n1Cc1ccc(C#CCO)s1. The van der Waals surface area contributed by atoms with Crippen LogP contribution in [0.3, 0.4) is 0 Å². The Balaban J connectivity index is 2.00. The van der Waals surface area contributed by atoms with Crippen molar-refractivity contribution in [3.05, 3.63) is 68.6 Å². The summed E-state index contributed by atoms with van der Waals surface area (Å²) in [5.41, 5.74) is 0.923. The molecular formula is C17H13NO2S. The fourth-order valence-corrected chi connectivity index (χ4v) is 3.09. The number of rotatable bonds is 2. The zero-order chi connectivity index (χ0) is 14.7. The van der Waals surface area contributed by atoms with Gasteiger partial charge in [-0.2, -0.15) is 0 Å². The normalized spacial score (nSPS) is 10.3. The highest BCUT2D eigenvalue weighted by Gasteiger charge is 2.05. The number of aromatic nitrogens is 1. The molecule has 0 unspecified atom stereocenters. The van der Waals surface area contributed by atoms with Gasteiger partial charge in [-0.25, -0.2) is 0 Å². The van der Waals surface area contributed by atoms with Gasteiger partial charge >= 0.3 is 0 Å². The Bertz CT molecular complexity index is 896. The van der Waals surface area contributed by atoms with Crippen LogP contribution in [0.25, 0.3) is 10.9 Å². The van der Waals surface area contributed by atoms with E-state index in [0.717, 1.165) is 20.7 Å². The predicted octanol–water partition coefficient (Wildman–Crippen LogP) is 2.46. The number of thiophene rings is 1. The molecule has 0 aliphatic rings. The Morgan fingerprint density at radius 2 is 1.95 bits per heavy atom. The van der Waals surface area contributed by atoms with Crippen LogP contribution in [-0.2, 0) is 6.54 Å². The van der Waals surface area contributed by atoms with E-state index >= 15 is 0 Å². The van der Waals surface area contributed by atoms with Gasteiger partial charge in [0.2, 0.25) is 0 Å². The second-order valence-electron chi connectivity index (χ2n) is 4.54. The highest BCUT2D eigenvalue weighted by Crippen LogP contribution is 2.18. The van der Waals surface area contributed by atoms with Gasteiger partial charge in [-0.1, -0.05) is 30.0 Å². The minimum atomic E-state index is -0.143. The molecule has 104 valence electrons. The maximum Gasteiger partial charge on any atom is 0.251 e. The predicted molar refractivity (Wildman–Crippen MR) is 85.6 cm³/mol. The Morgan fingerprint density at radius 1 is 1.10 bits per heavy atom. The molecule has 2 heterocycles. The highest BCUT2D eigenvalue weighted by molar-refractivity contribution is 7.12. The third-order valence-corrected chi connectivity index (χ3v) is 4.15. The van der Waals surface area contributed by atoms with Crippen LogP contribution >= 0.6 is 11.3 Å². The standard InChI is InChI=1S/C17H13NO2S/c19-11-3-5-14-8-9-15(21-14)12-18-16-6-2-1-4-13(16)7-10-17(18)20/h1-2,4,6-10,19H,11-12H2. The van der Waals surface area contributed by atoms with Crippen molar-refractivity contribution in [3.63, 3.8) is 0 Å². The van der Waals surface area contributed by atoms with Crippen molar-refractivity contribution >= 4 is 22.2 Å². The third-order valence-electron chi connectivity index (χ3n) is 3.17. The molecule has 0 aliphatic carbocycles. The fraction of sp³-hybridized carbons (Fsp3) is 0.118. The number of hydrogen-bond acceptors (Lipinski definition) is 3. The molecule has 0 aliphatic heterocycles. The lowest BCUT2D eigenvalue weighted by Crippen LogP contribution is -2.19. The lowest BCUT2D eigenvalue weighted by molar-refractivity contribution is 0.350. The second-order valence-corrected chi connectivity index (χ2v) is 5.71. The number of hydrogen-bond donors (Lipinski definition) is 1. The maximum atomic E-state index is 12.1. The van der Waals surface area contributed by atoms with Crippen molar-refractivity contribution in [1.82, 2.24) is 4.57 Å². The first-order valence-electron chi connectivity index (χ1n) is 6.55. The summed E-state index contributed by atoms with van der Waals surface area (Å²) in [6.07, 6.45) is 0. The molecule has 0 amide bonds. The first-order valence-corrected chi connectivity index (χ1v) is 7.36. The Kier molecular flexibility index (Phi) is 3.87. The zero-order valence-corrected chi connectivity index (χ0v) is 12.1. The van der Waals surface area contributed by atoms with Gasteiger partial charge in [0.25, 0.3) is 5.56 Å². The molecule has 3 rings (SSSR count). The number of fused-ring (bicyclic) bond motifs is 1. The van der Waals surface area contributed by atoms with E-state index in [0.29, 0.717) is 6.54 Å². The first-order chi connectivity index (χ1) is 10.3. The summed E-state index contributed by atoms with van der Waals surface area (Å²) in [6, 6.07) is 15.2. The molecule has 0 atom stereocenters. The van der Waals surface area contributed by atoms with Crippen molar-refractivity contribution in [2.75, 3.05) is 6.61 Å². The maximum absolute atomic E-state index is 12.1. The van der Waals surface area contributed by atoms with E-state index in [9.17, 15) is 4.79 Å². The van der Waals surface area contributed by atoms with E-state index in [1.54, 1.807) is 22.0 Å². The van der Waals surface area contributed by atoms with E-state index < -0.39 is 0 Å². The molecular weight excluding hydrogens is 282 g/mol. The molecule has 3 aromatic rings. The van der Waals surface area contributed by atoms with Crippen LogP contribution in [0.1, 0.15) is 9.75 Å². The molecule has 0 saturated carbocycles. The second kappa shape index (κ2) is 5.96. The van der Waals surface area contributed by atoms with Gasteiger partial charge in [-0.3, -0.25) is 4.79 Å². The topological polar surface area (TPSA) is 42.2 Å². The molecule has 1 aromatic carbocycles. The van der Waals surface area contributed by atoms with Crippen molar-refractivity contribution in [3.8, 4) is 11.8 Å². The number of pyridine rings is 1. The van der Waals surface area contributed by atoms with Gasteiger partial charge < -0.3 is 9.67 Å². The minimum absolute atomic E-state index is 0.00917. The third kappa shape index (κ3) is 2.89. The van der Waals surface area contributed by atoms with E-state index in [1.807, 2.05) is 42.5 Å². The summed E-state index contributed by atoms with van der Waals surface area (Å²) < 4.78 is 1.77. The molecule has 2 aromatic heterocycles. The van der Waals surface area contributed by atoms with Crippen LogP contribution in [0.4, 0.5) is 0 Å². The number of benzene rings is 1. The van der Waals surface area contributed by atoms with E-state index in [-0.39, 0.29) is 12.2 Å².